The molecule has 30 heavy (non-hydrogen) atoms. The third-order valence-electron chi connectivity index (χ3n) is 4.75. The van der Waals surface area contributed by atoms with Gasteiger partial charge in [0, 0.05) is 13.0 Å². The number of nitrogens with zero attached hydrogens (tertiary/aromatic N) is 3. The Hall–Kier alpha value is -2.30. The summed E-state index contributed by atoms with van der Waals surface area (Å²) in [5.74, 6) is 0.546. The monoisotopic (exact) mass is 450 g/mol. The minimum atomic E-state index is -0.654. The maximum absolute atomic E-state index is 13.3. The molecular weight excluding hydrogens is 427 g/mol. The molecule has 0 saturated heterocycles. The lowest BCUT2D eigenvalue weighted by molar-refractivity contribution is 0.0493. The number of carbonyl (C=O) groups is 1. The zero-order valence-corrected chi connectivity index (χ0v) is 18.7. The van der Waals surface area contributed by atoms with Crippen molar-refractivity contribution in [3.8, 4) is 6.07 Å². The fourth-order valence-corrected chi connectivity index (χ4v) is 3.73. The zero-order chi connectivity index (χ0) is 22.1. The van der Waals surface area contributed by atoms with Crippen LogP contribution in [-0.2, 0) is 11.3 Å². The van der Waals surface area contributed by atoms with Gasteiger partial charge in [0.15, 0.2) is 0 Å². The van der Waals surface area contributed by atoms with E-state index < -0.39 is 17.7 Å². The minimum absolute atomic E-state index is 0.141. The molecule has 1 aromatic carbocycles. The molecule has 3 rings (SSSR count). The number of unbranched alkanes of at least 4 members (excludes halogenated alkanes) is 1. The smallest absolute Gasteiger partial charge is 0.408 e. The quantitative estimate of drug-likeness (QED) is 0.625. The number of ether oxygens (including phenoxy) is 1. The molecule has 1 amide bonds. The Morgan fingerprint density at radius 1 is 1.37 bits per heavy atom. The van der Waals surface area contributed by atoms with E-state index in [1.165, 1.54) is 4.57 Å². The second kappa shape index (κ2) is 8.83. The summed E-state index contributed by atoms with van der Waals surface area (Å²) in [5, 5.41) is 12.6. The number of hydrogen-bond donors (Lipinski definition) is 1. The van der Waals surface area contributed by atoms with E-state index in [0.717, 1.165) is 12.8 Å². The average molecular weight is 451 g/mol. The van der Waals surface area contributed by atoms with Gasteiger partial charge < -0.3 is 10.1 Å². The lowest BCUT2D eigenvalue weighted by Crippen LogP contribution is -2.39. The van der Waals surface area contributed by atoms with Gasteiger partial charge in [0.25, 0.3) is 5.56 Å². The van der Waals surface area contributed by atoms with Gasteiger partial charge in [0.1, 0.15) is 11.4 Å². The Labute approximate surface area is 184 Å². The maximum Gasteiger partial charge on any atom is 0.408 e. The Balaban J connectivity index is 2.12. The first-order valence-corrected chi connectivity index (χ1v) is 10.6. The van der Waals surface area contributed by atoms with Crippen LogP contribution in [0.4, 0.5) is 4.79 Å². The van der Waals surface area contributed by atoms with Crippen molar-refractivity contribution in [2.75, 3.05) is 0 Å². The summed E-state index contributed by atoms with van der Waals surface area (Å²) < 4.78 is 6.91. The summed E-state index contributed by atoms with van der Waals surface area (Å²) >= 11 is 12.6. The number of alkyl carbamates (subject to hydrolysis) is 1. The molecule has 7 nitrogen and oxygen atoms in total. The number of amides is 1. The van der Waals surface area contributed by atoms with Gasteiger partial charge in [-0.3, -0.25) is 9.36 Å². The Kier molecular flexibility index (Phi) is 6.59. The molecule has 1 saturated carbocycles. The average Bonchev–Trinajstić information content (AvgIpc) is 3.48. The first-order chi connectivity index (χ1) is 14.1. The minimum Gasteiger partial charge on any atom is -0.444 e. The van der Waals surface area contributed by atoms with Gasteiger partial charge in [0.05, 0.1) is 33.1 Å². The summed E-state index contributed by atoms with van der Waals surface area (Å²) in [4.78, 5) is 30.5. The molecule has 0 radical (unpaired) electrons. The molecule has 0 unspecified atom stereocenters. The normalized spacial score (nSPS) is 14.9. The number of hydrogen-bond acceptors (Lipinski definition) is 5. The number of fused-ring (bicyclic) bond motifs is 1. The van der Waals surface area contributed by atoms with Crippen LogP contribution in [0.3, 0.4) is 0 Å². The van der Waals surface area contributed by atoms with Crippen molar-refractivity contribution in [1.82, 2.24) is 14.9 Å². The van der Waals surface area contributed by atoms with Crippen molar-refractivity contribution in [3.63, 3.8) is 0 Å². The lowest BCUT2D eigenvalue weighted by Gasteiger charge is -2.25. The highest BCUT2D eigenvalue weighted by Crippen LogP contribution is 2.41. The summed E-state index contributed by atoms with van der Waals surface area (Å²) in [5.41, 5.74) is -0.687. The van der Waals surface area contributed by atoms with E-state index in [2.05, 4.69) is 16.4 Å². The van der Waals surface area contributed by atoms with E-state index in [1.54, 1.807) is 32.9 Å². The second-order valence-corrected chi connectivity index (χ2v) is 9.22. The highest BCUT2D eigenvalue weighted by Gasteiger charge is 2.37. The SMILES string of the molecule is CC(C)(C)OC(=O)N[C@H](c1nc2c(Cl)ccc(Cl)c2c(=O)n1CCCC#N)C1CC1. The van der Waals surface area contributed by atoms with Crippen LogP contribution in [0.15, 0.2) is 16.9 Å². The molecule has 160 valence electrons. The first-order valence-electron chi connectivity index (χ1n) is 9.87. The number of nitrogens with one attached hydrogen (secondary N) is 1. The van der Waals surface area contributed by atoms with E-state index in [4.69, 9.17) is 33.2 Å². The third-order valence-corrected chi connectivity index (χ3v) is 5.37. The Bertz CT molecular complexity index is 1070. The summed E-state index contributed by atoms with van der Waals surface area (Å²) in [6.07, 6.45) is 1.99. The van der Waals surface area contributed by atoms with Gasteiger partial charge in [0.2, 0.25) is 0 Å². The molecule has 1 aliphatic carbocycles. The number of benzene rings is 1. The van der Waals surface area contributed by atoms with Crippen LogP contribution in [0, 0.1) is 17.2 Å². The molecule has 1 fully saturated rings. The Morgan fingerprint density at radius 3 is 2.63 bits per heavy atom. The maximum atomic E-state index is 13.3. The number of rotatable bonds is 6. The fourth-order valence-electron chi connectivity index (χ4n) is 3.29. The van der Waals surface area contributed by atoms with Crippen molar-refractivity contribution in [2.45, 2.75) is 64.6 Å². The zero-order valence-electron chi connectivity index (χ0n) is 17.2. The third kappa shape index (κ3) is 5.05. The molecule has 9 heteroatoms. The molecule has 1 heterocycles. The van der Waals surface area contributed by atoms with Crippen LogP contribution in [0.25, 0.3) is 10.9 Å². The predicted octanol–water partition coefficient (Wildman–Crippen LogP) is 4.98. The highest BCUT2D eigenvalue weighted by atomic mass is 35.5. The van der Waals surface area contributed by atoms with Gasteiger partial charge in [-0.1, -0.05) is 23.2 Å². The van der Waals surface area contributed by atoms with Gasteiger partial charge in [-0.25, -0.2) is 9.78 Å². The standard InChI is InChI=1S/C21H24Cl2N4O3/c1-21(2,3)30-20(29)26-16(12-6-7-12)18-25-17-14(23)9-8-13(22)15(17)19(28)27(18)11-5-4-10-24/h8-9,12,16H,4-7,11H2,1-3H3,(H,26,29)/t16-/m0/s1. The molecule has 1 atom stereocenters. The van der Waals surface area contributed by atoms with Gasteiger partial charge in [-0.05, 0) is 58.1 Å². The summed E-state index contributed by atoms with van der Waals surface area (Å²) in [6, 6.07) is 4.73. The van der Waals surface area contributed by atoms with Crippen LogP contribution in [-0.4, -0.2) is 21.2 Å². The topological polar surface area (TPSA) is 97.0 Å². The number of nitriles is 1. The number of halogens is 2. The summed E-state index contributed by atoms with van der Waals surface area (Å²) in [7, 11) is 0. The van der Waals surface area contributed by atoms with Gasteiger partial charge >= 0.3 is 6.09 Å². The molecule has 0 spiro atoms. The van der Waals surface area contributed by atoms with Crippen LogP contribution in [0.2, 0.25) is 10.0 Å². The van der Waals surface area contributed by atoms with Gasteiger partial charge in [-0.15, -0.1) is 0 Å². The molecule has 0 aliphatic heterocycles. The molecule has 2 aromatic rings. The van der Waals surface area contributed by atoms with Crippen molar-refractivity contribution in [1.29, 1.82) is 5.26 Å². The molecule has 1 aromatic heterocycles. The lowest BCUT2D eigenvalue weighted by atomic mass is 10.1. The van der Waals surface area contributed by atoms with E-state index in [0.29, 0.717) is 29.2 Å². The summed E-state index contributed by atoms with van der Waals surface area (Å²) in [6.45, 7) is 5.64. The molecule has 1 N–H and O–H groups in total. The molecule has 0 bridgehead atoms. The van der Waals surface area contributed by atoms with Crippen LogP contribution >= 0.6 is 23.2 Å². The number of carbonyl (C=O) groups excluding carboxylic acids is 1. The van der Waals surface area contributed by atoms with Crippen LogP contribution in [0.5, 0.6) is 0 Å². The van der Waals surface area contributed by atoms with E-state index >= 15 is 0 Å². The first kappa shape index (κ1) is 22.4. The number of aromatic nitrogens is 2. The molecule has 1 aliphatic rings. The van der Waals surface area contributed by atoms with Crippen molar-refractivity contribution in [2.24, 2.45) is 5.92 Å². The van der Waals surface area contributed by atoms with E-state index in [9.17, 15) is 9.59 Å². The van der Waals surface area contributed by atoms with E-state index in [-0.39, 0.29) is 28.4 Å². The second-order valence-electron chi connectivity index (χ2n) is 8.40. The van der Waals surface area contributed by atoms with Crippen molar-refractivity contribution in [3.05, 3.63) is 38.4 Å². The molecular formula is C21H24Cl2N4O3. The van der Waals surface area contributed by atoms with E-state index in [1.807, 2.05) is 0 Å². The van der Waals surface area contributed by atoms with Crippen LogP contribution in [0.1, 0.15) is 58.3 Å². The van der Waals surface area contributed by atoms with Gasteiger partial charge in [-0.2, -0.15) is 5.26 Å². The van der Waals surface area contributed by atoms with Crippen molar-refractivity contribution < 1.29 is 9.53 Å². The van der Waals surface area contributed by atoms with Crippen LogP contribution < -0.4 is 10.9 Å². The largest absolute Gasteiger partial charge is 0.444 e. The highest BCUT2D eigenvalue weighted by molar-refractivity contribution is 6.39. The fraction of sp³-hybridized carbons (Fsp3) is 0.524. The Morgan fingerprint density at radius 2 is 2.03 bits per heavy atom. The van der Waals surface area contributed by atoms with Crippen molar-refractivity contribution >= 4 is 40.2 Å². The predicted molar refractivity (Wildman–Crippen MR) is 116 cm³/mol.